The van der Waals surface area contributed by atoms with E-state index in [9.17, 15) is 4.79 Å². The normalized spacial score (nSPS) is 10.9. The molecular weight excluding hydrogens is 232 g/mol. The van der Waals surface area contributed by atoms with E-state index < -0.39 is 11.7 Å². The van der Waals surface area contributed by atoms with Gasteiger partial charge < -0.3 is 20.5 Å². The molecule has 1 rings (SSSR count). The number of alkyl carbamates (subject to hydrolysis) is 1. The summed E-state index contributed by atoms with van der Waals surface area (Å²) in [6.45, 7) is 5.74. The number of nitrogen functional groups attached to an aromatic ring is 1. The molecule has 3 N–H and O–H groups in total. The predicted octanol–water partition coefficient (Wildman–Crippen LogP) is 2.30. The van der Waals surface area contributed by atoms with Crippen molar-refractivity contribution < 1.29 is 14.3 Å². The molecule has 0 radical (unpaired) electrons. The first-order chi connectivity index (χ1) is 8.31. The molecule has 0 spiro atoms. The minimum Gasteiger partial charge on any atom is -0.497 e. The lowest BCUT2D eigenvalue weighted by Gasteiger charge is -2.20. The molecule has 0 bridgehead atoms. The number of carbonyl (C=O) groups is 1. The number of hydrogen-bond donors (Lipinski definition) is 2. The van der Waals surface area contributed by atoms with Crippen molar-refractivity contribution in [3.8, 4) is 5.75 Å². The highest BCUT2D eigenvalue weighted by molar-refractivity contribution is 5.68. The third-order valence-corrected chi connectivity index (χ3v) is 2.17. The minimum absolute atomic E-state index is 0.304. The number of nitrogens with one attached hydrogen (secondary N) is 1. The van der Waals surface area contributed by atoms with Gasteiger partial charge in [-0.3, -0.25) is 0 Å². The van der Waals surface area contributed by atoms with Crippen LogP contribution in [0.25, 0.3) is 0 Å². The Morgan fingerprint density at radius 1 is 1.39 bits per heavy atom. The summed E-state index contributed by atoms with van der Waals surface area (Å²) in [6.07, 6.45) is -0.468. The number of benzene rings is 1. The molecule has 1 aromatic carbocycles. The van der Waals surface area contributed by atoms with Crippen molar-refractivity contribution in [3.63, 3.8) is 0 Å². The van der Waals surface area contributed by atoms with Crippen LogP contribution in [0.2, 0.25) is 0 Å². The lowest BCUT2D eigenvalue weighted by Crippen LogP contribution is -2.32. The molecule has 0 aliphatic rings. The zero-order valence-electron chi connectivity index (χ0n) is 11.2. The lowest BCUT2D eigenvalue weighted by molar-refractivity contribution is 0.0523. The highest BCUT2D eigenvalue weighted by Crippen LogP contribution is 2.19. The average molecular weight is 252 g/mol. The second-order valence-corrected chi connectivity index (χ2v) is 4.92. The van der Waals surface area contributed by atoms with E-state index in [0.29, 0.717) is 18.0 Å². The third kappa shape index (κ3) is 4.53. The second-order valence-electron chi connectivity index (χ2n) is 4.92. The number of rotatable bonds is 3. The standard InChI is InChI=1S/C13H20N2O3/c1-13(2,3)18-12(16)15-8-9-7-10(17-4)5-6-11(9)14/h5-7H,8,14H2,1-4H3,(H,15,16). The van der Waals surface area contributed by atoms with Crippen molar-refractivity contribution >= 4 is 11.8 Å². The van der Waals surface area contributed by atoms with Crippen molar-refractivity contribution in [3.05, 3.63) is 23.8 Å². The third-order valence-electron chi connectivity index (χ3n) is 2.17. The van der Waals surface area contributed by atoms with E-state index in [0.717, 1.165) is 5.56 Å². The van der Waals surface area contributed by atoms with E-state index in [2.05, 4.69) is 5.32 Å². The first-order valence-electron chi connectivity index (χ1n) is 5.71. The van der Waals surface area contributed by atoms with Crippen LogP contribution in [0.1, 0.15) is 26.3 Å². The molecule has 0 fully saturated rings. The summed E-state index contributed by atoms with van der Waals surface area (Å²) in [5.74, 6) is 0.699. The summed E-state index contributed by atoms with van der Waals surface area (Å²) < 4.78 is 10.2. The highest BCUT2D eigenvalue weighted by Gasteiger charge is 2.16. The Hall–Kier alpha value is -1.91. The maximum Gasteiger partial charge on any atom is 0.407 e. The molecule has 5 nitrogen and oxygen atoms in total. The summed E-state index contributed by atoms with van der Waals surface area (Å²) in [5, 5.41) is 2.65. The Balaban J connectivity index is 2.60. The Morgan fingerprint density at radius 2 is 2.06 bits per heavy atom. The Morgan fingerprint density at radius 3 is 2.61 bits per heavy atom. The quantitative estimate of drug-likeness (QED) is 0.809. The van der Waals surface area contributed by atoms with Crippen LogP contribution < -0.4 is 15.8 Å². The number of hydrogen-bond acceptors (Lipinski definition) is 4. The van der Waals surface area contributed by atoms with Crippen LogP contribution in [0, 0.1) is 0 Å². The Bertz CT molecular complexity index is 425. The van der Waals surface area contributed by atoms with Crippen LogP contribution in [0.15, 0.2) is 18.2 Å². The largest absolute Gasteiger partial charge is 0.497 e. The van der Waals surface area contributed by atoms with Gasteiger partial charge in [0.15, 0.2) is 0 Å². The van der Waals surface area contributed by atoms with E-state index in [1.165, 1.54) is 0 Å². The molecule has 0 unspecified atom stereocenters. The van der Waals surface area contributed by atoms with Gasteiger partial charge in [0.05, 0.1) is 7.11 Å². The molecule has 1 amide bonds. The van der Waals surface area contributed by atoms with Crippen molar-refractivity contribution in [1.82, 2.24) is 5.32 Å². The van der Waals surface area contributed by atoms with Crippen LogP contribution >= 0.6 is 0 Å². The van der Waals surface area contributed by atoms with Gasteiger partial charge in [-0.25, -0.2) is 4.79 Å². The summed E-state index contributed by atoms with van der Waals surface area (Å²) in [6, 6.07) is 5.30. The van der Waals surface area contributed by atoms with Crippen LogP contribution in [0.5, 0.6) is 5.75 Å². The molecule has 1 aromatic rings. The fraction of sp³-hybridized carbons (Fsp3) is 0.462. The van der Waals surface area contributed by atoms with Gasteiger partial charge >= 0.3 is 6.09 Å². The molecule has 0 atom stereocenters. The molecule has 100 valence electrons. The van der Waals surface area contributed by atoms with Crippen LogP contribution in [-0.4, -0.2) is 18.8 Å². The number of methoxy groups -OCH3 is 1. The molecule has 0 aliphatic heterocycles. The zero-order valence-corrected chi connectivity index (χ0v) is 11.2. The van der Waals surface area contributed by atoms with Crippen molar-refractivity contribution in [2.45, 2.75) is 32.9 Å². The van der Waals surface area contributed by atoms with Crippen LogP contribution in [0.4, 0.5) is 10.5 Å². The molecule has 18 heavy (non-hydrogen) atoms. The van der Waals surface area contributed by atoms with Gasteiger partial charge in [0.2, 0.25) is 0 Å². The van der Waals surface area contributed by atoms with Gasteiger partial charge in [0, 0.05) is 12.2 Å². The smallest absolute Gasteiger partial charge is 0.407 e. The summed E-state index contributed by atoms with van der Waals surface area (Å²) >= 11 is 0. The van der Waals surface area contributed by atoms with Gasteiger partial charge in [-0.15, -0.1) is 0 Å². The van der Waals surface area contributed by atoms with Crippen molar-refractivity contribution in [2.24, 2.45) is 0 Å². The fourth-order valence-corrected chi connectivity index (χ4v) is 1.34. The maximum absolute atomic E-state index is 11.5. The van der Waals surface area contributed by atoms with E-state index in [1.807, 2.05) is 20.8 Å². The van der Waals surface area contributed by atoms with Crippen molar-refractivity contribution in [2.75, 3.05) is 12.8 Å². The molecule has 0 aromatic heterocycles. The number of nitrogens with two attached hydrogens (primary N) is 1. The lowest BCUT2D eigenvalue weighted by atomic mass is 10.1. The van der Waals surface area contributed by atoms with E-state index in [-0.39, 0.29) is 0 Å². The topological polar surface area (TPSA) is 73.6 Å². The summed E-state index contributed by atoms with van der Waals surface area (Å²) in [4.78, 5) is 11.5. The highest BCUT2D eigenvalue weighted by atomic mass is 16.6. The van der Waals surface area contributed by atoms with Gasteiger partial charge in [-0.05, 0) is 44.5 Å². The maximum atomic E-state index is 11.5. The molecule has 0 aliphatic carbocycles. The molecule has 0 heterocycles. The SMILES string of the molecule is COc1ccc(N)c(CNC(=O)OC(C)(C)C)c1. The summed E-state index contributed by atoms with van der Waals surface area (Å²) in [7, 11) is 1.58. The van der Waals surface area contributed by atoms with Crippen LogP contribution in [-0.2, 0) is 11.3 Å². The van der Waals surface area contributed by atoms with E-state index in [1.54, 1.807) is 25.3 Å². The Labute approximate surface area is 107 Å². The number of ether oxygens (including phenoxy) is 2. The first-order valence-corrected chi connectivity index (χ1v) is 5.71. The first kappa shape index (κ1) is 14.2. The minimum atomic E-state index is -0.510. The fourth-order valence-electron chi connectivity index (χ4n) is 1.34. The van der Waals surface area contributed by atoms with Gasteiger partial charge in [-0.2, -0.15) is 0 Å². The predicted molar refractivity (Wildman–Crippen MR) is 70.5 cm³/mol. The van der Waals surface area contributed by atoms with Gasteiger partial charge in [-0.1, -0.05) is 0 Å². The van der Waals surface area contributed by atoms with E-state index in [4.69, 9.17) is 15.2 Å². The van der Waals surface area contributed by atoms with Crippen LogP contribution in [0.3, 0.4) is 0 Å². The summed E-state index contributed by atoms with van der Waals surface area (Å²) in [5.41, 5.74) is 6.70. The van der Waals surface area contributed by atoms with Gasteiger partial charge in [0.1, 0.15) is 11.4 Å². The average Bonchev–Trinajstić information content (AvgIpc) is 2.25. The zero-order chi connectivity index (χ0) is 13.8. The monoisotopic (exact) mass is 252 g/mol. The molecule has 0 saturated heterocycles. The molecule has 5 heteroatoms. The number of amides is 1. The van der Waals surface area contributed by atoms with E-state index >= 15 is 0 Å². The number of anilines is 1. The second kappa shape index (κ2) is 5.62. The van der Waals surface area contributed by atoms with Crippen molar-refractivity contribution in [1.29, 1.82) is 0 Å². The molecular formula is C13H20N2O3. The van der Waals surface area contributed by atoms with Gasteiger partial charge in [0.25, 0.3) is 0 Å². The molecule has 0 saturated carbocycles. The number of carbonyl (C=O) groups excluding carboxylic acids is 1. The Kier molecular flexibility index (Phi) is 4.42.